The first-order valence-corrected chi connectivity index (χ1v) is 11.2. The highest BCUT2D eigenvalue weighted by Gasteiger charge is 2.38. The third kappa shape index (κ3) is 4.59. The molecule has 0 saturated carbocycles. The largest absolute Gasteiger partial charge is 0.326 e. The normalized spacial score (nSPS) is 18.5. The van der Waals surface area contributed by atoms with Gasteiger partial charge in [0.25, 0.3) is 5.91 Å². The summed E-state index contributed by atoms with van der Waals surface area (Å²) in [6.45, 7) is -0.100. The Kier molecular flexibility index (Phi) is 5.73. The number of imide groups is 1. The number of urea groups is 1. The van der Waals surface area contributed by atoms with Gasteiger partial charge in [-0.2, -0.15) is 0 Å². The molecule has 1 N–H and O–H groups in total. The van der Waals surface area contributed by atoms with Crippen LogP contribution in [-0.4, -0.2) is 70.1 Å². The van der Waals surface area contributed by atoms with Crippen LogP contribution < -0.4 is 5.32 Å². The van der Waals surface area contributed by atoms with E-state index in [2.05, 4.69) is 5.32 Å². The van der Waals surface area contributed by atoms with Gasteiger partial charge < -0.3 is 5.32 Å². The van der Waals surface area contributed by atoms with Crippen LogP contribution in [0.3, 0.4) is 0 Å². The lowest BCUT2D eigenvalue weighted by Crippen LogP contribution is -2.32. The second-order valence-corrected chi connectivity index (χ2v) is 10.7. The van der Waals surface area contributed by atoms with Gasteiger partial charge in [0.1, 0.15) is 15.9 Å². The van der Waals surface area contributed by atoms with E-state index in [0.717, 1.165) is 15.5 Å². The molecule has 1 saturated heterocycles. The fourth-order valence-corrected chi connectivity index (χ4v) is 4.09. The number of nitrogens with zero attached hydrogens (tertiary/aromatic N) is 2. The Morgan fingerprint density at radius 3 is 2.38 bits per heavy atom. The Balaban J connectivity index is 2.16. The first-order valence-electron chi connectivity index (χ1n) is 7.73. The van der Waals surface area contributed by atoms with Crippen LogP contribution in [0.25, 0.3) is 0 Å². The summed E-state index contributed by atoms with van der Waals surface area (Å²) in [7, 11) is -4.07. The van der Waals surface area contributed by atoms with Crippen molar-refractivity contribution in [2.75, 3.05) is 26.1 Å². The lowest BCUT2D eigenvalue weighted by molar-refractivity contribution is -0.127. The molecule has 1 aromatic rings. The van der Waals surface area contributed by atoms with E-state index in [-0.39, 0.29) is 23.6 Å². The molecule has 0 aliphatic carbocycles. The number of carbonyl (C=O) groups is 2. The van der Waals surface area contributed by atoms with Gasteiger partial charge in [-0.1, -0.05) is 12.1 Å². The molecule has 1 unspecified atom stereocenters. The summed E-state index contributed by atoms with van der Waals surface area (Å²) in [6, 6.07) is 4.45. The maximum absolute atomic E-state index is 12.3. The van der Waals surface area contributed by atoms with Crippen LogP contribution in [0.2, 0.25) is 0 Å². The molecular weight excluding hydrogens is 382 g/mol. The number of hydrogen-bond donors (Lipinski definition) is 1. The molecular formula is C15H21N3O6S2. The van der Waals surface area contributed by atoms with Crippen molar-refractivity contribution >= 4 is 31.8 Å². The molecule has 1 aliphatic heterocycles. The molecule has 144 valence electrons. The minimum atomic E-state index is -3.63. The van der Waals surface area contributed by atoms with Crippen molar-refractivity contribution in [2.24, 2.45) is 0 Å². The molecule has 0 spiro atoms. The van der Waals surface area contributed by atoms with E-state index in [1.54, 1.807) is 6.07 Å². The van der Waals surface area contributed by atoms with Crippen LogP contribution in [-0.2, 0) is 31.2 Å². The Bertz CT molecular complexity index is 924. The van der Waals surface area contributed by atoms with Crippen LogP contribution in [0.4, 0.5) is 4.79 Å². The monoisotopic (exact) mass is 403 g/mol. The van der Waals surface area contributed by atoms with Crippen molar-refractivity contribution in [3.63, 3.8) is 0 Å². The van der Waals surface area contributed by atoms with Crippen molar-refractivity contribution in [3.8, 4) is 0 Å². The predicted octanol–water partition coefficient (Wildman–Crippen LogP) is -0.208. The smallest absolute Gasteiger partial charge is 0.325 e. The van der Waals surface area contributed by atoms with Gasteiger partial charge in [0, 0.05) is 20.4 Å². The van der Waals surface area contributed by atoms with E-state index in [4.69, 9.17) is 0 Å². The summed E-state index contributed by atoms with van der Waals surface area (Å²) in [6.07, 6.45) is 1.05. The molecule has 0 aromatic heterocycles. The van der Waals surface area contributed by atoms with E-state index in [0.29, 0.717) is 5.56 Å². The average molecular weight is 403 g/mol. The summed E-state index contributed by atoms with van der Waals surface area (Å²) >= 11 is 0. The maximum Gasteiger partial charge on any atom is 0.325 e. The first-order chi connectivity index (χ1) is 11.9. The molecule has 1 atom stereocenters. The van der Waals surface area contributed by atoms with E-state index in [1.807, 2.05) is 0 Å². The summed E-state index contributed by atoms with van der Waals surface area (Å²) in [5.74, 6) is -0.742. The van der Waals surface area contributed by atoms with Crippen molar-refractivity contribution < 1.29 is 26.4 Å². The number of sulfone groups is 1. The standard InChI is InChI=1S/C15H21N3O6S2/c1-17(2)26(23,24)12-6-4-5-11(9-12)10-18-14(19)13(16-15(18)20)7-8-25(3,21)22/h4-6,9,13H,7-8,10H2,1-3H3,(H,16,20). The summed E-state index contributed by atoms with van der Waals surface area (Å²) < 4.78 is 47.9. The fourth-order valence-electron chi connectivity index (χ4n) is 2.45. The van der Waals surface area contributed by atoms with E-state index < -0.39 is 37.8 Å². The lowest BCUT2D eigenvalue weighted by Gasteiger charge is -2.15. The molecule has 26 heavy (non-hydrogen) atoms. The van der Waals surface area contributed by atoms with Gasteiger partial charge in [0.15, 0.2) is 0 Å². The van der Waals surface area contributed by atoms with E-state index in [1.165, 1.54) is 32.3 Å². The van der Waals surface area contributed by atoms with Gasteiger partial charge in [-0.05, 0) is 24.1 Å². The summed E-state index contributed by atoms with van der Waals surface area (Å²) in [4.78, 5) is 25.4. The lowest BCUT2D eigenvalue weighted by atomic mass is 10.2. The van der Waals surface area contributed by atoms with Crippen molar-refractivity contribution in [1.82, 2.24) is 14.5 Å². The summed E-state index contributed by atoms with van der Waals surface area (Å²) in [5.41, 5.74) is 0.472. The molecule has 1 aromatic carbocycles. The van der Waals surface area contributed by atoms with E-state index in [9.17, 15) is 26.4 Å². The number of sulfonamides is 1. The highest BCUT2D eigenvalue weighted by molar-refractivity contribution is 7.90. The zero-order chi connectivity index (χ0) is 19.7. The van der Waals surface area contributed by atoms with Crippen molar-refractivity contribution in [3.05, 3.63) is 29.8 Å². The zero-order valence-electron chi connectivity index (χ0n) is 14.7. The van der Waals surface area contributed by atoms with Crippen LogP contribution in [0.1, 0.15) is 12.0 Å². The maximum atomic E-state index is 12.3. The number of rotatable bonds is 7. The van der Waals surface area contributed by atoms with Gasteiger partial charge in [-0.3, -0.25) is 9.69 Å². The second-order valence-electron chi connectivity index (χ2n) is 6.28. The third-order valence-corrected chi connectivity index (χ3v) is 6.69. The average Bonchev–Trinajstić information content (AvgIpc) is 2.80. The first kappa shape index (κ1) is 20.3. The van der Waals surface area contributed by atoms with Crippen LogP contribution >= 0.6 is 0 Å². The number of carbonyl (C=O) groups excluding carboxylic acids is 2. The van der Waals surface area contributed by atoms with Crippen molar-refractivity contribution in [1.29, 1.82) is 0 Å². The summed E-state index contributed by atoms with van der Waals surface area (Å²) in [5, 5.41) is 2.46. The highest BCUT2D eigenvalue weighted by Crippen LogP contribution is 2.19. The third-order valence-electron chi connectivity index (χ3n) is 3.90. The number of hydrogen-bond acceptors (Lipinski definition) is 6. The van der Waals surface area contributed by atoms with Gasteiger partial charge in [0.2, 0.25) is 10.0 Å². The minimum absolute atomic E-state index is 0.00500. The van der Waals surface area contributed by atoms with Gasteiger partial charge >= 0.3 is 6.03 Å². The van der Waals surface area contributed by atoms with Crippen LogP contribution in [0, 0.1) is 0 Å². The van der Waals surface area contributed by atoms with Gasteiger partial charge in [0.05, 0.1) is 17.2 Å². The number of nitrogens with one attached hydrogen (secondary N) is 1. The zero-order valence-corrected chi connectivity index (χ0v) is 16.3. The van der Waals surface area contributed by atoms with Gasteiger partial charge in [-0.15, -0.1) is 0 Å². The fraction of sp³-hybridized carbons (Fsp3) is 0.467. The number of amides is 3. The van der Waals surface area contributed by atoms with Crippen LogP contribution in [0.5, 0.6) is 0 Å². The number of benzene rings is 1. The Hall–Kier alpha value is -1.98. The Morgan fingerprint density at radius 1 is 1.15 bits per heavy atom. The second kappa shape index (κ2) is 7.33. The topological polar surface area (TPSA) is 121 Å². The molecule has 2 rings (SSSR count). The molecule has 0 bridgehead atoms. The molecule has 1 heterocycles. The molecule has 11 heteroatoms. The van der Waals surface area contributed by atoms with E-state index >= 15 is 0 Å². The highest BCUT2D eigenvalue weighted by atomic mass is 32.2. The molecule has 1 aliphatic rings. The molecule has 1 fully saturated rings. The molecule has 3 amide bonds. The van der Waals surface area contributed by atoms with Crippen LogP contribution in [0.15, 0.2) is 29.2 Å². The SMILES string of the molecule is CN(C)S(=O)(=O)c1cccc(CN2C(=O)NC(CCS(C)(=O)=O)C2=O)c1. The molecule has 9 nitrogen and oxygen atoms in total. The van der Waals surface area contributed by atoms with Gasteiger partial charge in [-0.25, -0.2) is 25.9 Å². The Labute approximate surface area is 152 Å². The minimum Gasteiger partial charge on any atom is -0.326 e. The predicted molar refractivity (Wildman–Crippen MR) is 94.5 cm³/mol. The Morgan fingerprint density at radius 2 is 1.81 bits per heavy atom. The van der Waals surface area contributed by atoms with Crippen molar-refractivity contribution in [2.45, 2.75) is 23.9 Å². The molecule has 0 radical (unpaired) electrons. The quantitative estimate of drug-likeness (QED) is 0.629.